The standard InChI is InChI=1S/C18H27F2N3O3S/c1-13(2)22(3)11-8-21-18(24)14-6-9-23(10-7-14)27(25,26)15-4-5-16(19)17(20)12-15/h4-5,12-14H,6-11H2,1-3H3,(H,21,24). The van der Waals surface area contributed by atoms with Crippen molar-refractivity contribution in [3.8, 4) is 0 Å². The number of carbonyl (C=O) groups is 1. The molecule has 27 heavy (non-hydrogen) atoms. The van der Waals surface area contributed by atoms with Crippen molar-refractivity contribution in [3.05, 3.63) is 29.8 Å². The number of rotatable bonds is 7. The minimum atomic E-state index is -3.90. The van der Waals surface area contributed by atoms with Crippen molar-refractivity contribution in [2.24, 2.45) is 5.92 Å². The molecule has 1 aliphatic rings. The molecule has 0 aromatic heterocycles. The first-order valence-electron chi connectivity index (χ1n) is 9.06. The molecule has 9 heteroatoms. The zero-order chi connectivity index (χ0) is 20.2. The van der Waals surface area contributed by atoms with Gasteiger partial charge in [0.05, 0.1) is 4.90 Å². The summed E-state index contributed by atoms with van der Waals surface area (Å²) < 4.78 is 52.7. The van der Waals surface area contributed by atoms with E-state index in [0.717, 1.165) is 18.7 Å². The highest BCUT2D eigenvalue weighted by Crippen LogP contribution is 2.24. The normalized spacial score (nSPS) is 16.9. The van der Waals surface area contributed by atoms with Crippen LogP contribution in [-0.4, -0.2) is 62.8 Å². The van der Waals surface area contributed by atoms with E-state index in [9.17, 15) is 22.0 Å². The summed E-state index contributed by atoms with van der Waals surface area (Å²) >= 11 is 0. The fraction of sp³-hybridized carbons (Fsp3) is 0.611. The Kier molecular flexibility index (Phi) is 7.30. The van der Waals surface area contributed by atoms with Crippen LogP contribution in [0.3, 0.4) is 0 Å². The molecule has 1 fully saturated rings. The third-order valence-electron chi connectivity index (χ3n) is 5.00. The Hall–Kier alpha value is -1.58. The van der Waals surface area contributed by atoms with E-state index in [0.29, 0.717) is 31.5 Å². The summed E-state index contributed by atoms with van der Waals surface area (Å²) in [6.45, 7) is 5.78. The first-order chi connectivity index (χ1) is 12.6. The summed E-state index contributed by atoms with van der Waals surface area (Å²) in [5, 5.41) is 2.90. The number of hydrogen-bond donors (Lipinski definition) is 1. The third-order valence-corrected chi connectivity index (χ3v) is 6.89. The first-order valence-corrected chi connectivity index (χ1v) is 10.5. The van der Waals surface area contributed by atoms with Crippen LogP contribution in [0.15, 0.2) is 23.1 Å². The lowest BCUT2D eigenvalue weighted by molar-refractivity contribution is -0.126. The number of nitrogens with one attached hydrogen (secondary N) is 1. The molecule has 1 aromatic rings. The smallest absolute Gasteiger partial charge is 0.243 e. The molecule has 152 valence electrons. The molecule has 1 heterocycles. The van der Waals surface area contributed by atoms with Gasteiger partial charge in [0.15, 0.2) is 11.6 Å². The Morgan fingerprint density at radius 3 is 2.44 bits per heavy atom. The third kappa shape index (κ3) is 5.46. The van der Waals surface area contributed by atoms with Gasteiger partial charge in [-0.3, -0.25) is 4.79 Å². The Labute approximate surface area is 159 Å². The van der Waals surface area contributed by atoms with Crippen molar-refractivity contribution >= 4 is 15.9 Å². The van der Waals surface area contributed by atoms with Crippen molar-refractivity contribution in [2.75, 3.05) is 33.2 Å². The van der Waals surface area contributed by atoms with Gasteiger partial charge >= 0.3 is 0 Å². The fourth-order valence-corrected chi connectivity index (χ4v) is 4.38. The van der Waals surface area contributed by atoms with E-state index >= 15 is 0 Å². The lowest BCUT2D eigenvalue weighted by Gasteiger charge is -2.30. The fourth-order valence-electron chi connectivity index (χ4n) is 2.90. The van der Waals surface area contributed by atoms with Gasteiger partial charge in [0.2, 0.25) is 15.9 Å². The van der Waals surface area contributed by atoms with E-state index in [1.165, 1.54) is 4.31 Å². The number of benzene rings is 1. The van der Waals surface area contributed by atoms with Crippen molar-refractivity contribution in [1.29, 1.82) is 0 Å². The van der Waals surface area contributed by atoms with Crippen LogP contribution >= 0.6 is 0 Å². The lowest BCUT2D eigenvalue weighted by Crippen LogP contribution is -2.44. The second kappa shape index (κ2) is 9.07. The largest absolute Gasteiger partial charge is 0.355 e. The quantitative estimate of drug-likeness (QED) is 0.754. The van der Waals surface area contributed by atoms with E-state index in [-0.39, 0.29) is 29.8 Å². The molecule has 1 aromatic carbocycles. The molecule has 0 radical (unpaired) electrons. The summed E-state index contributed by atoms with van der Waals surface area (Å²) in [6.07, 6.45) is 0.795. The molecule has 0 atom stereocenters. The van der Waals surface area contributed by atoms with Crippen LogP contribution in [-0.2, 0) is 14.8 Å². The molecule has 1 saturated heterocycles. The molecular weight excluding hydrogens is 376 g/mol. The van der Waals surface area contributed by atoms with Gasteiger partial charge in [0, 0.05) is 38.1 Å². The van der Waals surface area contributed by atoms with Crippen LogP contribution in [0, 0.1) is 17.6 Å². The van der Waals surface area contributed by atoms with Crippen molar-refractivity contribution in [3.63, 3.8) is 0 Å². The maximum atomic E-state index is 13.4. The average Bonchev–Trinajstić information content (AvgIpc) is 2.63. The van der Waals surface area contributed by atoms with E-state index in [1.54, 1.807) is 0 Å². The number of likely N-dealkylation sites (N-methyl/N-ethyl adjacent to an activating group) is 1. The zero-order valence-corrected chi connectivity index (χ0v) is 16.7. The van der Waals surface area contributed by atoms with Gasteiger partial charge in [-0.2, -0.15) is 4.31 Å². The first kappa shape index (κ1) is 21.7. The van der Waals surface area contributed by atoms with Gasteiger partial charge in [-0.25, -0.2) is 17.2 Å². The predicted molar refractivity (Wildman–Crippen MR) is 98.6 cm³/mol. The average molecular weight is 403 g/mol. The van der Waals surface area contributed by atoms with Crippen LogP contribution in [0.25, 0.3) is 0 Å². The Morgan fingerprint density at radius 2 is 1.89 bits per heavy atom. The molecule has 1 aliphatic heterocycles. The Morgan fingerprint density at radius 1 is 1.26 bits per heavy atom. The number of piperidine rings is 1. The van der Waals surface area contributed by atoms with Crippen LogP contribution in [0.1, 0.15) is 26.7 Å². The summed E-state index contributed by atoms with van der Waals surface area (Å²) in [7, 11) is -1.92. The van der Waals surface area contributed by atoms with Gasteiger partial charge in [0.25, 0.3) is 0 Å². The SMILES string of the molecule is CC(C)N(C)CCNC(=O)C1CCN(S(=O)(=O)c2ccc(F)c(F)c2)CC1. The number of amides is 1. The summed E-state index contributed by atoms with van der Waals surface area (Å²) in [6, 6.07) is 2.94. The second-order valence-electron chi connectivity index (χ2n) is 7.12. The van der Waals surface area contributed by atoms with Crippen molar-refractivity contribution in [2.45, 2.75) is 37.6 Å². The Bertz CT molecular complexity index is 763. The highest BCUT2D eigenvalue weighted by molar-refractivity contribution is 7.89. The van der Waals surface area contributed by atoms with Gasteiger partial charge in [-0.15, -0.1) is 0 Å². The monoisotopic (exact) mass is 403 g/mol. The maximum absolute atomic E-state index is 13.4. The summed E-state index contributed by atoms with van der Waals surface area (Å²) in [5.41, 5.74) is 0. The molecule has 1 N–H and O–H groups in total. The minimum Gasteiger partial charge on any atom is -0.355 e. The van der Waals surface area contributed by atoms with E-state index in [1.807, 2.05) is 7.05 Å². The van der Waals surface area contributed by atoms with Crippen LogP contribution in [0.5, 0.6) is 0 Å². The van der Waals surface area contributed by atoms with Gasteiger partial charge < -0.3 is 10.2 Å². The highest BCUT2D eigenvalue weighted by atomic mass is 32.2. The molecule has 1 amide bonds. The molecule has 0 spiro atoms. The number of nitrogens with zero attached hydrogens (tertiary/aromatic N) is 2. The van der Waals surface area contributed by atoms with Gasteiger partial charge in [0.1, 0.15) is 0 Å². The van der Waals surface area contributed by atoms with E-state index in [2.05, 4.69) is 24.1 Å². The maximum Gasteiger partial charge on any atom is 0.243 e. The predicted octanol–water partition coefficient (Wildman–Crippen LogP) is 1.82. The molecule has 0 aliphatic carbocycles. The Balaban J connectivity index is 1.88. The molecule has 0 unspecified atom stereocenters. The molecule has 0 saturated carbocycles. The summed E-state index contributed by atoms with van der Waals surface area (Å²) in [4.78, 5) is 14.1. The zero-order valence-electron chi connectivity index (χ0n) is 15.9. The molecular formula is C18H27F2N3O3S. The van der Waals surface area contributed by atoms with Gasteiger partial charge in [-0.1, -0.05) is 0 Å². The van der Waals surface area contributed by atoms with Crippen LogP contribution in [0.4, 0.5) is 8.78 Å². The van der Waals surface area contributed by atoms with E-state index in [4.69, 9.17) is 0 Å². The molecule has 2 rings (SSSR count). The summed E-state index contributed by atoms with van der Waals surface area (Å²) in [5.74, 6) is -2.60. The van der Waals surface area contributed by atoms with Crippen molar-refractivity contribution in [1.82, 2.24) is 14.5 Å². The lowest BCUT2D eigenvalue weighted by atomic mass is 9.97. The van der Waals surface area contributed by atoms with E-state index < -0.39 is 21.7 Å². The minimum absolute atomic E-state index is 0.0722. The molecule has 6 nitrogen and oxygen atoms in total. The van der Waals surface area contributed by atoms with Crippen LogP contribution < -0.4 is 5.32 Å². The number of sulfonamides is 1. The van der Waals surface area contributed by atoms with Crippen molar-refractivity contribution < 1.29 is 22.0 Å². The highest BCUT2D eigenvalue weighted by Gasteiger charge is 2.32. The molecule has 0 bridgehead atoms. The second-order valence-corrected chi connectivity index (χ2v) is 9.06. The number of carbonyl (C=O) groups excluding carboxylic acids is 1. The van der Waals surface area contributed by atoms with Crippen LogP contribution in [0.2, 0.25) is 0 Å². The van der Waals surface area contributed by atoms with Gasteiger partial charge in [-0.05, 0) is 51.9 Å². The topological polar surface area (TPSA) is 69.7 Å². The number of hydrogen-bond acceptors (Lipinski definition) is 4. The number of halogens is 2.